The van der Waals surface area contributed by atoms with Crippen molar-refractivity contribution in [1.82, 2.24) is 0 Å². The third-order valence-electron chi connectivity index (χ3n) is 10.8. The van der Waals surface area contributed by atoms with Gasteiger partial charge in [-0.2, -0.15) is 0 Å². The Hall–Kier alpha value is -6.52. The summed E-state index contributed by atoms with van der Waals surface area (Å²) in [5.74, 6) is 0. The molecule has 3 heteroatoms. The van der Waals surface area contributed by atoms with E-state index in [1.807, 2.05) is 22.7 Å². The molecule has 0 aliphatic heterocycles. The molecule has 258 valence electrons. The van der Waals surface area contributed by atoms with E-state index in [0.717, 1.165) is 11.4 Å². The van der Waals surface area contributed by atoms with Gasteiger partial charge in [-0.05, 0) is 105 Å². The van der Waals surface area contributed by atoms with Gasteiger partial charge < -0.3 is 4.90 Å². The van der Waals surface area contributed by atoms with E-state index >= 15 is 0 Å². The lowest BCUT2D eigenvalue weighted by molar-refractivity contribution is 1.30. The van der Waals surface area contributed by atoms with Crippen molar-refractivity contribution in [3.8, 4) is 33.4 Å². The number of fused-ring (bicyclic) bond motifs is 7. The molecule has 0 fully saturated rings. The molecule has 0 aliphatic rings. The average Bonchev–Trinajstić information content (AvgIpc) is 3.83. The van der Waals surface area contributed by atoms with E-state index in [4.69, 9.17) is 0 Å². The second-order valence-corrected chi connectivity index (χ2v) is 16.3. The van der Waals surface area contributed by atoms with Crippen LogP contribution in [0.4, 0.5) is 17.1 Å². The van der Waals surface area contributed by atoms with Gasteiger partial charge in [0.1, 0.15) is 0 Å². The molecular weight excluding hydrogens is 703 g/mol. The van der Waals surface area contributed by atoms with Gasteiger partial charge in [-0.15, -0.1) is 22.7 Å². The van der Waals surface area contributed by atoms with Gasteiger partial charge in [0.25, 0.3) is 0 Å². The molecule has 0 saturated heterocycles. The van der Waals surface area contributed by atoms with Crippen LogP contribution in [-0.2, 0) is 0 Å². The summed E-state index contributed by atoms with van der Waals surface area (Å²) in [5, 5.41) is 7.69. The quantitative estimate of drug-likeness (QED) is 0.164. The first kappa shape index (κ1) is 32.0. The summed E-state index contributed by atoms with van der Waals surface area (Å²) < 4.78 is 5.22. The largest absolute Gasteiger partial charge is 0.309 e. The van der Waals surface area contributed by atoms with Crippen LogP contribution in [0.3, 0.4) is 0 Å². The van der Waals surface area contributed by atoms with Crippen molar-refractivity contribution in [2.75, 3.05) is 4.90 Å². The molecule has 1 nitrogen and oxygen atoms in total. The lowest BCUT2D eigenvalue weighted by atomic mass is 9.96. The van der Waals surface area contributed by atoms with Crippen LogP contribution < -0.4 is 4.90 Å². The van der Waals surface area contributed by atoms with Crippen LogP contribution in [0.5, 0.6) is 0 Å². The Kier molecular flexibility index (Phi) is 7.61. The molecule has 0 aliphatic carbocycles. The van der Waals surface area contributed by atoms with Crippen LogP contribution in [0.25, 0.3) is 84.5 Å². The summed E-state index contributed by atoms with van der Waals surface area (Å²) in [6.07, 6.45) is 0. The fourth-order valence-electron chi connectivity index (χ4n) is 8.23. The van der Waals surface area contributed by atoms with Crippen molar-refractivity contribution < 1.29 is 0 Å². The average molecular weight is 736 g/mol. The Morgan fingerprint density at radius 1 is 0.309 bits per heavy atom. The molecule has 0 unspecified atom stereocenters. The highest BCUT2D eigenvalue weighted by atomic mass is 32.1. The molecule has 0 spiro atoms. The summed E-state index contributed by atoms with van der Waals surface area (Å²) in [5.41, 5.74) is 10.6. The SMILES string of the molecule is c1cc(-c2cccc(N(c3ccccc3-c3ccc4sc5ccccc5c4c3)c3cccc4sc5ccccc5c34)c2)cc(-c2ccc3ccccc3c2)c1. The van der Waals surface area contributed by atoms with Gasteiger partial charge in [-0.3, -0.25) is 0 Å². The molecule has 0 amide bonds. The monoisotopic (exact) mass is 735 g/mol. The van der Waals surface area contributed by atoms with Crippen molar-refractivity contribution in [3.05, 3.63) is 200 Å². The zero-order valence-corrected chi connectivity index (χ0v) is 31.4. The standard InChI is InChI=1S/C52H33NS2/c1-2-13-35-30-39(27-26-34(35)12-1)37-15-9-14-36(31-37)38-16-10-17-41(32-38)53(47-22-11-25-51-52(47)44-20-5-8-24-49(44)55-51)46-21-6-3-18-42(46)40-28-29-50-45(33-40)43-19-4-7-23-48(43)54-50/h1-33H. The molecule has 0 saturated carbocycles. The van der Waals surface area contributed by atoms with Gasteiger partial charge in [-0.1, -0.05) is 133 Å². The second kappa shape index (κ2) is 13.1. The maximum absolute atomic E-state index is 2.49. The first-order chi connectivity index (χ1) is 27.2. The van der Waals surface area contributed by atoms with E-state index in [1.54, 1.807) is 0 Å². The van der Waals surface area contributed by atoms with Crippen molar-refractivity contribution in [1.29, 1.82) is 0 Å². The van der Waals surface area contributed by atoms with E-state index in [1.165, 1.54) is 90.2 Å². The number of para-hydroxylation sites is 1. The minimum Gasteiger partial charge on any atom is -0.309 e. The smallest absolute Gasteiger partial charge is 0.0555 e. The molecule has 0 atom stereocenters. The second-order valence-electron chi connectivity index (χ2n) is 14.1. The van der Waals surface area contributed by atoms with E-state index in [0.29, 0.717) is 0 Å². The molecule has 0 radical (unpaired) electrons. The Labute approximate surface area is 327 Å². The van der Waals surface area contributed by atoms with E-state index in [-0.39, 0.29) is 0 Å². The van der Waals surface area contributed by atoms with Crippen LogP contribution in [0, 0.1) is 0 Å². The van der Waals surface area contributed by atoms with Gasteiger partial charge in [0.15, 0.2) is 0 Å². The van der Waals surface area contributed by atoms with Gasteiger partial charge in [-0.25, -0.2) is 0 Å². The van der Waals surface area contributed by atoms with Crippen molar-refractivity contribution in [3.63, 3.8) is 0 Å². The van der Waals surface area contributed by atoms with E-state index in [9.17, 15) is 0 Å². The molecule has 9 aromatic carbocycles. The van der Waals surface area contributed by atoms with Gasteiger partial charge in [0.2, 0.25) is 0 Å². The maximum atomic E-state index is 2.49. The van der Waals surface area contributed by atoms with Crippen molar-refractivity contribution in [2.24, 2.45) is 0 Å². The predicted molar refractivity (Wildman–Crippen MR) is 241 cm³/mol. The van der Waals surface area contributed by atoms with Crippen molar-refractivity contribution in [2.45, 2.75) is 0 Å². The molecule has 2 heterocycles. The number of hydrogen-bond donors (Lipinski definition) is 0. The summed E-state index contributed by atoms with van der Waals surface area (Å²) in [4.78, 5) is 2.49. The molecule has 0 N–H and O–H groups in total. The Bertz CT molecular complexity index is 3240. The highest BCUT2D eigenvalue weighted by Crippen LogP contribution is 2.48. The molecule has 2 aromatic heterocycles. The zero-order valence-electron chi connectivity index (χ0n) is 29.8. The summed E-state index contributed by atoms with van der Waals surface area (Å²) in [7, 11) is 0. The van der Waals surface area contributed by atoms with Gasteiger partial charge in [0.05, 0.1) is 11.4 Å². The predicted octanol–water partition coefficient (Wildman–Crippen LogP) is 16.0. The normalized spacial score (nSPS) is 11.6. The number of hydrogen-bond acceptors (Lipinski definition) is 3. The van der Waals surface area contributed by atoms with Crippen LogP contribution in [0.2, 0.25) is 0 Å². The molecule has 11 aromatic rings. The third-order valence-corrected chi connectivity index (χ3v) is 13.1. The third kappa shape index (κ3) is 5.51. The van der Waals surface area contributed by atoms with E-state index in [2.05, 4.69) is 205 Å². The Balaban J connectivity index is 1.11. The molecule has 11 rings (SSSR count). The van der Waals surface area contributed by atoms with E-state index < -0.39 is 0 Å². The fraction of sp³-hybridized carbons (Fsp3) is 0. The minimum absolute atomic E-state index is 1.12. The highest BCUT2D eigenvalue weighted by molar-refractivity contribution is 7.26. The van der Waals surface area contributed by atoms with Gasteiger partial charge in [0, 0.05) is 51.6 Å². The number of benzene rings is 9. The number of anilines is 3. The lowest BCUT2D eigenvalue weighted by Gasteiger charge is -2.29. The Morgan fingerprint density at radius 2 is 0.891 bits per heavy atom. The topological polar surface area (TPSA) is 3.24 Å². The van der Waals surface area contributed by atoms with Crippen LogP contribution in [-0.4, -0.2) is 0 Å². The minimum atomic E-state index is 1.12. The summed E-state index contributed by atoms with van der Waals surface area (Å²) in [6.45, 7) is 0. The first-order valence-corrected chi connectivity index (χ1v) is 20.3. The summed E-state index contributed by atoms with van der Waals surface area (Å²) in [6, 6.07) is 73.6. The first-order valence-electron chi connectivity index (χ1n) is 18.7. The molecular formula is C52H33NS2. The Morgan fingerprint density at radius 3 is 1.76 bits per heavy atom. The number of nitrogens with zero attached hydrogens (tertiary/aromatic N) is 1. The molecule has 55 heavy (non-hydrogen) atoms. The maximum Gasteiger partial charge on any atom is 0.0555 e. The van der Waals surface area contributed by atoms with Gasteiger partial charge >= 0.3 is 0 Å². The lowest BCUT2D eigenvalue weighted by Crippen LogP contribution is -2.11. The van der Waals surface area contributed by atoms with Crippen LogP contribution in [0.15, 0.2) is 200 Å². The zero-order chi connectivity index (χ0) is 36.3. The van der Waals surface area contributed by atoms with Crippen LogP contribution in [0.1, 0.15) is 0 Å². The number of thiophene rings is 2. The molecule has 0 bridgehead atoms. The van der Waals surface area contributed by atoms with Crippen molar-refractivity contribution >= 4 is 90.9 Å². The van der Waals surface area contributed by atoms with Crippen LogP contribution >= 0.6 is 22.7 Å². The number of rotatable bonds is 6. The highest BCUT2D eigenvalue weighted by Gasteiger charge is 2.22. The summed E-state index contributed by atoms with van der Waals surface area (Å²) >= 11 is 3.73. The fourth-order valence-corrected chi connectivity index (χ4v) is 10.4.